The predicted octanol–water partition coefficient (Wildman–Crippen LogP) is 4.26. The topological polar surface area (TPSA) is 4.93 Å². The summed E-state index contributed by atoms with van der Waals surface area (Å²) in [6.45, 7) is 0. The molecule has 0 radical (unpaired) electrons. The van der Waals surface area contributed by atoms with E-state index in [1.54, 1.807) is 0 Å². The summed E-state index contributed by atoms with van der Waals surface area (Å²) in [4.78, 5) is 0. The maximum absolute atomic E-state index is 2.34. The summed E-state index contributed by atoms with van der Waals surface area (Å²) in [7, 11) is 2.17. The molecule has 4 rings (SSSR count). The molecule has 1 aliphatic carbocycles. The Morgan fingerprint density at radius 1 is 0.842 bits per heavy atom. The van der Waals surface area contributed by atoms with Crippen molar-refractivity contribution >= 4 is 0 Å². The van der Waals surface area contributed by atoms with Crippen molar-refractivity contribution in [1.82, 2.24) is 4.57 Å². The fraction of sp³-hybridized carbons (Fsp3) is 0.111. The Balaban J connectivity index is 1.94. The Morgan fingerprint density at radius 2 is 1.58 bits per heavy atom. The highest BCUT2D eigenvalue weighted by atomic mass is 15.0. The average Bonchev–Trinajstić information content (AvgIpc) is 2.97. The number of fused-ring (bicyclic) bond motifs is 3. The maximum Gasteiger partial charge on any atom is 0.0521 e. The zero-order valence-electron chi connectivity index (χ0n) is 10.9. The summed E-state index contributed by atoms with van der Waals surface area (Å²) in [6.07, 6.45) is 1.06. The molecule has 1 aliphatic rings. The second-order valence-electron chi connectivity index (χ2n) is 5.16. The van der Waals surface area contributed by atoms with E-state index in [9.17, 15) is 0 Å². The zero-order chi connectivity index (χ0) is 12.8. The van der Waals surface area contributed by atoms with Gasteiger partial charge in [0.05, 0.1) is 5.69 Å². The zero-order valence-corrected chi connectivity index (χ0v) is 10.9. The Hall–Kier alpha value is -2.28. The largest absolute Gasteiger partial charge is 0.343 e. The number of benzene rings is 2. The fourth-order valence-corrected chi connectivity index (χ4v) is 3.15. The van der Waals surface area contributed by atoms with Crippen molar-refractivity contribution in [3.05, 3.63) is 71.8 Å². The molecular weight excluding hydrogens is 230 g/mol. The Morgan fingerprint density at radius 3 is 2.42 bits per heavy atom. The normalized spacial score (nSPS) is 12.3. The van der Waals surface area contributed by atoms with Crippen LogP contribution in [0.4, 0.5) is 0 Å². The molecule has 0 saturated carbocycles. The summed E-state index contributed by atoms with van der Waals surface area (Å²) >= 11 is 0. The molecule has 1 heteroatoms. The number of hydrogen-bond acceptors (Lipinski definition) is 0. The molecule has 1 nitrogen and oxygen atoms in total. The lowest BCUT2D eigenvalue weighted by atomic mass is 10.1. The van der Waals surface area contributed by atoms with E-state index < -0.39 is 0 Å². The Bertz CT molecular complexity index is 751. The highest BCUT2D eigenvalue weighted by molar-refractivity contribution is 5.79. The Kier molecular flexibility index (Phi) is 2.16. The van der Waals surface area contributed by atoms with Gasteiger partial charge < -0.3 is 4.57 Å². The van der Waals surface area contributed by atoms with Gasteiger partial charge in [-0.25, -0.2) is 0 Å². The third-order valence-electron chi connectivity index (χ3n) is 4.03. The minimum atomic E-state index is 1.06. The second-order valence-corrected chi connectivity index (χ2v) is 5.16. The molecule has 0 unspecified atom stereocenters. The van der Waals surface area contributed by atoms with Crippen LogP contribution in [0.2, 0.25) is 0 Å². The second kappa shape index (κ2) is 3.86. The van der Waals surface area contributed by atoms with E-state index in [0.29, 0.717) is 0 Å². The van der Waals surface area contributed by atoms with Crippen LogP contribution < -0.4 is 0 Å². The van der Waals surface area contributed by atoms with Gasteiger partial charge in [0.15, 0.2) is 0 Å². The van der Waals surface area contributed by atoms with Gasteiger partial charge in [0.25, 0.3) is 0 Å². The van der Waals surface area contributed by atoms with Gasteiger partial charge in [-0.2, -0.15) is 0 Å². The van der Waals surface area contributed by atoms with Crippen LogP contribution in [0.25, 0.3) is 22.5 Å². The van der Waals surface area contributed by atoms with Gasteiger partial charge in [-0.05, 0) is 22.8 Å². The predicted molar refractivity (Wildman–Crippen MR) is 79.1 cm³/mol. The van der Waals surface area contributed by atoms with E-state index >= 15 is 0 Å². The summed E-state index contributed by atoms with van der Waals surface area (Å²) in [5.41, 5.74) is 8.26. The van der Waals surface area contributed by atoms with Crippen LogP contribution in [-0.2, 0) is 13.5 Å². The molecule has 1 heterocycles. The van der Waals surface area contributed by atoms with Crippen molar-refractivity contribution in [2.24, 2.45) is 7.05 Å². The molecule has 0 bridgehead atoms. The van der Waals surface area contributed by atoms with E-state index in [-0.39, 0.29) is 0 Å². The first-order valence-corrected chi connectivity index (χ1v) is 6.67. The molecule has 0 fully saturated rings. The van der Waals surface area contributed by atoms with E-state index in [1.807, 2.05) is 0 Å². The quantitative estimate of drug-likeness (QED) is 0.472. The van der Waals surface area contributed by atoms with Crippen LogP contribution >= 0.6 is 0 Å². The van der Waals surface area contributed by atoms with Gasteiger partial charge in [0.1, 0.15) is 0 Å². The van der Waals surface area contributed by atoms with Crippen LogP contribution in [0, 0.1) is 0 Å². The molecule has 0 aliphatic heterocycles. The van der Waals surface area contributed by atoms with Crippen LogP contribution in [-0.4, -0.2) is 4.57 Å². The first-order chi connectivity index (χ1) is 9.34. The lowest BCUT2D eigenvalue weighted by molar-refractivity contribution is 0.946. The molecular formula is C18H15N. The third-order valence-corrected chi connectivity index (χ3v) is 4.03. The van der Waals surface area contributed by atoms with Crippen LogP contribution in [0.5, 0.6) is 0 Å². The van der Waals surface area contributed by atoms with Crippen LogP contribution in [0.1, 0.15) is 11.1 Å². The first kappa shape index (κ1) is 10.6. The minimum absolute atomic E-state index is 1.06. The Labute approximate surface area is 113 Å². The summed E-state index contributed by atoms with van der Waals surface area (Å²) in [5, 5.41) is 0. The van der Waals surface area contributed by atoms with E-state index in [2.05, 4.69) is 72.3 Å². The van der Waals surface area contributed by atoms with Crippen molar-refractivity contribution < 1.29 is 0 Å². The molecule has 1 aromatic heterocycles. The number of hydrogen-bond donors (Lipinski definition) is 0. The molecule has 0 atom stereocenters. The molecule has 0 saturated heterocycles. The lowest BCUT2D eigenvalue weighted by Crippen LogP contribution is -1.94. The lowest BCUT2D eigenvalue weighted by Gasteiger charge is -2.08. The van der Waals surface area contributed by atoms with Gasteiger partial charge in [-0.15, -0.1) is 0 Å². The number of rotatable bonds is 1. The van der Waals surface area contributed by atoms with Crippen LogP contribution in [0.15, 0.2) is 60.7 Å². The van der Waals surface area contributed by atoms with Crippen molar-refractivity contribution in [2.75, 3.05) is 0 Å². The van der Waals surface area contributed by atoms with Gasteiger partial charge in [0, 0.05) is 24.7 Å². The molecule has 0 N–H and O–H groups in total. The monoisotopic (exact) mass is 245 g/mol. The highest BCUT2D eigenvalue weighted by Crippen LogP contribution is 2.40. The highest BCUT2D eigenvalue weighted by Gasteiger charge is 2.23. The average molecular weight is 245 g/mol. The van der Waals surface area contributed by atoms with Gasteiger partial charge in [0.2, 0.25) is 0 Å². The van der Waals surface area contributed by atoms with Crippen molar-refractivity contribution in [3.63, 3.8) is 0 Å². The van der Waals surface area contributed by atoms with Gasteiger partial charge in [-0.1, -0.05) is 54.6 Å². The smallest absolute Gasteiger partial charge is 0.0521 e. The minimum Gasteiger partial charge on any atom is -0.343 e. The molecule has 2 aromatic carbocycles. The standard InChI is InChI=1S/C18H15N/c1-19-17(13-7-3-2-4-8-13)12-15-11-14-9-5-6-10-16(14)18(15)19/h2-10,12H,11H2,1H3. The SMILES string of the molecule is Cn1c(-c2ccccc2)cc2c1-c1ccccc1C2. The molecule has 19 heavy (non-hydrogen) atoms. The summed E-state index contributed by atoms with van der Waals surface area (Å²) in [6, 6.07) is 21.7. The third kappa shape index (κ3) is 1.48. The van der Waals surface area contributed by atoms with Crippen molar-refractivity contribution in [1.29, 1.82) is 0 Å². The number of aromatic nitrogens is 1. The van der Waals surface area contributed by atoms with Crippen molar-refractivity contribution in [3.8, 4) is 22.5 Å². The summed E-state index contributed by atoms with van der Waals surface area (Å²) < 4.78 is 2.33. The molecule has 3 aromatic rings. The number of nitrogens with zero attached hydrogens (tertiary/aromatic N) is 1. The summed E-state index contributed by atoms with van der Waals surface area (Å²) in [5.74, 6) is 0. The maximum atomic E-state index is 2.34. The van der Waals surface area contributed by atoms with Gasteiger partial charge >= 0.3 is 0 Å². The van der Waals surface area contributed by atoms with Crippen LogP contribution in [0.3, 0.4) is 0 Å². The first-order valence-electron chi connectivity index (χ1n) is 6.67. The van der Waals surface area contributed by atoms with Gasteiger partial charge in [-0.3, -0.25) is 0 Å². The van der Waals surface area contributed by atoms with Crippen molar-refractivity contribution in [2.45, 2.75) is 6.42 Å². The molecule has 0 amide bonds. The van der Waals surface area contributed by atoms with E-state index in [1.165, 1.54) is 33.6 Å². The van der Waals surface area contributed by atoms with E-state index in [4.69, 9.17) is 0 Å². The van der Waals surface area contributed by atoms with E-state index in [0.717, 1.165) is 6.42 Å². The molecule has 0 spiro atoms. The molecule has 92 valence electrons. The fourth-order valence-electron chi connectivity index (χ4n) is 3.15.